The summed E-state index contributed by atoms with van der Waals surface area (Å²) in [6.07, 6.45) is -0.0433. The minimum Gasteiger partial charge on any atom is -0.481 e. The van der Waals surface area contributed by atoms with Crippen LogP contribution in [0.2, 0.25) is 0 Å². The van der Waals surface area contributed by atoms with Crippen LogP contribution in [0.4, 0.5) is 5.69 Å². The van der Waals surface area contributed by atoms with E-state index >= 15 is 0 Å². The Balaban J connectivity index is 2.54. The van der Waals surface area contributed by atoms with E-state index in [1.54, 1.807) is 6.07 Å². The fourth-order valence-corrected chi connectivity index (χ4v) is 2.09. The predicted molar refractivity (Wildman–Crippen MR) is 72.4 cm³/mol. The van der Waals surface area contributed by atoms with Crippen molar-refractivity contribution >= 4 is 11.7 Å². The van der Waals surface area contributed by atoms with Crippen molar-refractivity contribution in [1.29, 1.82) is 0 Å². The van der Waals surface area contributed by atoms with Gasteiger partial charge in [0.1, 0.15) is 0 Å². The Morgan fingerprint density at radius 2 is 1.83 bits per heavy atom. The number of anilines is 1. The summed E-state index contributed by atoms with van der Waals surface area (Å²) in [6.45, 7) is 1.91. The monoisotopic (exact) mass is 241 g/mol. The van der Waals surface area contributed by atoms with Crippen molar-refractivity contribution in [3.05, 3.63) is 53.6 Å². The maximum atomic E-state index is 10.9. The van der Waals surface area contributed by atoms with E-state index < -0.39 is 5.97 Å². The van der Waals surface area contributed by atoms with E-state index in [0.29, 0.717) is 11.3 Å². The number of aliphatic carboxylic acids is 1. The quantitative estimate of drug-likeness (QED) is 0.812. The lowest BCUT2D eigenvalue weighted by molar-refractivity contribution is -0.136. The van der Waals surface area contributed by atoms with E-state index in [2.05, 4.69) is 0 Å². The second-order valence-corrected chi connectivity index (χ2v) is 4.24. The highest BCUT2D eigenvalue weighted by Crippen LogP contribution is 2.29. The largest absolute Gasteiger partial charge is 0.481 e. The minimum absolute atomic E-state index is 0.0433. The van der Waals surface area contributed by atoms with Crippen molar-refractivity contribution < 1.29 is 9.90 Å². The van der Waals surface area contributed by atoms with Crippen LogP contribution in [0.1, 0.15) is 11.1 Å². The number of rotatable bonds is 3. The van der Waals surface area contributed by atoms with Crippen LogP contribution in [0, 0.1) is 6.92 Å². The van der Waals surface area contributed by atoms with Gasteiger partial charge in [-0.25, -0.2) is 0 Å². The summed E-state index contributed by atoms with van der Waals surface area (Å²) in [5, 5.41) is 8.92. The lowest BCUT2D eigenvalue weighted by atomic mass is 9.94. The van der Waals surface area contributed by atoms with Crippen LogP contribution in [-0.4, -0.2) is 11.1 Å². The first kappa shape index (κ1) is 12.2. The Morgan fingerprint density at radius 1 is 1.17 bits per heavy atom. The molecule has 0 aromatic heterocycles. The third-order valence-electron chi connectivity index (χ3n) is 3.05. The first-order chi connectivity index (χ1) is 8.59. The third-order valence-corrected chi connectivity index (χ3v) is 3.05. The first-order valence-electron chi connectivity index (χ1n) is 5.74. The summed E-state index contributed by atoms with van der Waals surface area (Å²) < 4.78 is 0. The number of hydrogen-bond donors (Lipinski definition) is 2. The topological polar surface area (TPSA) is 63.3 Å². The number of carboxylic acids is 1. The lowest BCUT2D eigenvalue weighted by Gasteiger charge is -2.13. The molecular formula is C15H15NO2. The molecule has 0 atom stereocenters. The van der Waals surface area contributed by atoms with Crippen molar-refractivity contribution in [1.82, 2.24) is 0 Å². The maximum Gasteiger partial charge on any atom is 0.307 e. The van der Waals surface area contributed by atoms with E-state index in [1.807, 2.05) is 43.3 Å². The van der Waals surface area contributed by atoms with Crippen molar-refractivity contribution in [3.63, 3.8) is 0 Å². The van der Waals surface area contributed by atoms with E-state index in [1.165, 1.54) is 0 Å². The second kappa shape index (κ2) is 4.92. The Kier molecular flexibility index (Phi) is 3.33. The summed E-state index contributed by atoms with van der Waals surface area (Å²) in [5.74, 6) is -0.866. The second-order valence-electron chi connectivity index (χ2n) is 4.24. The third kappa shape index (κ3) is 2.35. The highest BCUT2D eigenvalue weighted by atomic mass is 16.4. The van der Waals surface area contributed by atoms with Gasteiger partial charge in [0.15, 0.2) is 0 Å². The highest BCUT2D eigenvalue weighted by molar-refractivity contribution is 5.78. The molecule has 0 heterocycles. The number of benzene rings is 2. The Bertz CT molecular complexity index is 577. The summed E-state index contributed by atoms with van der Waals surface area (Å²) in [5.41, 5.74) is 10.1. The highest BCUT2D eigenvalue weighted by Gasteiger charge is 2.12. The number of carboxylic acid groups (broad SMARTS) is 1. The van der Waals surface area contributed by atoms with Crippen LogP contribution >= 0.6 is 0 Å². The van der Waals surface area contributed by atoms with Crippen molar-refractivity contribution in [2.24, 2.45) is 0 Å². The zero-order valence-corrected chi connectivity index (χ0v) is 10.2. The molecule has 3 nitrogen and oxygen atoms in total. The average molecular weight is 241 g/mol. The van der Waals surface area contributed by atoms with Gasteiger partial charge < -0.3 is 10.8 Å². The van der Waals surface area contributed by atoms with Gasteiger partial charge in [-0.2, -0.15) is 0 Å². The molecule has 92 valence electrons. The zero-order chi connectivity index (χ0) is 13.1. The molecule has 3 N–H and O–H groups in total. The fraction of sp³-hybridized carbons (Fsp3) is 0.133. The molecule has 2 aromatic rings. The van der Waals surface area contributed by atoms with Crippen LogP contribution in [0.25, 0.3) is 11.1 Å². The molecule has 0 aliphatic heterocycles. The Labute approximate surface area is 106 Å². The molecule has 18 heavy (non-hydrogen) atoms. The van der Waals surface area contributed by atoms with E-state index in [9.17, 15) is 4.79 Å². The van der Waals surface area contributed by atoms with Gasteiger partial charge in [0.2, 0.25) is 0 Å². The van der Waals surface area contributed by atoms with E-state index in [4.69, 9.17) is 10.8 Å². The van der Waals surface area contributed by atoms with E-state index in [-0.39, 0.29) is 6.42 Å². The standard InChI is InChI=1S/C15H15NO2/c1-10-12(11-5-3-2-4-6-11)7-8-14(16)13(10)9-15(17)18/h2-8H,9,16H2,1H3,(H,17,18). The molecule has 0 bridgehead atoms. The molecule has 0 amide bonds. The molecule has 0 radical (unpaired) electrons. The van der Waals surface area contributed by atoms with Crippen molar-refractivity contribution in [2.45, 2.75) is 13.3 Å². The lowest BCUT2D eigenvalue weighted by Crippen LogP contribution is -2.06. The molecule has 0 spiro atoms. The molecule has 2 rings (SSSR count). The molecule has 2 aromatic carbocycles. The maximum absolute atomic E-state index is 10.9. The van der Waals surface area contributed by atoms with Gasteiger partial charge in [0.25, 0.3) is 0 Å². The molecule has 0 saturated carbocycles. The molecular weight excluding hydrogens is 226 g/mol. The van der Waals surface area contributed by atoms with Gasteiger partial charge in [-0.1, -0.05) is 36.4 Å². The predicted octanol–water partition coefficient (Wildman–Crippen LogP) is 2.87. The van der Waals surface area contributed by atoms with Crippen LogP contribution in [0.3, 0.4) is 0 Å². The Morgan fingerprint density at radius 3 is 2.44 bits per heavy atom. The number of carbonyl (C=O) groups is 1. The molecule has 0 aliphatic rings. The molecule has 0 saturated heterocycles. The van der Waals surface area contributed by atoms with Gasteiger partial charge in [-0.15, -0.1) is 0 Å². The van der Waals surface area contributed by atoms with Gasteiger partial charge >= 0.3 is 5.97 Å². The summed E-state index contributed by atoms with van der Waals surface area (Å²) >= 11 is 0. The van der Waals surface area contributed by atoms with Crippen LogP contribution in [-0.2, 0) is 11.2 Å². The zero-order valence-electron chi connectivity index (χ0n) is 10.2. The van der Waals surface area contributed by atoms with Gasteiger partial charge in [0, 0.05) is 5.69 Å². The normalized spacial score (nSPS) is 10.3. The molecule has 3 heteroatoms. The minimum atomic E-state index is -0.866. The molecule has 0 unspecified atom stereocenters. The Hall–Kier alpha value is -2.29. The smallest absolute Gasteiger partial charge is 0.307 e. The van der Waals surface area contributed by atoms with Crippen LogP contribution in [0.15, 0.2) is 42.5 Å². The molecule has 0 aliphatic carbocycles. The van der Waals surface area contributed by atoms with Crippen LogP contribution < -0.4 is 5.73 Å². The van der Waals surface area contributed by atoms with Gasteiger partial charge in [-0.05, 0) is 35.2 Å². The van der Waals surface area contributed by atoms with E-state index in [0.717, 1.165) is 16.7 Å². The summed E-state index contributed by atoms with van der Waals surface area (Å²) in [7, 11) is 0. The number of nitrogen functional groups attached to an aromatic ring is 1. The van der Waals surface area contributed by atoms with Gasteiger partial charge in [0.05, 0.1) is 6.42 Å². The first-order valence-corrected chi connectivity index (χ1v) is 5.74. The summed E-state index contributed by atoms with van der Waals surface area (Å²) in [6, 6.07) is 13.6. The van der Waals surface area contributed by atoms with Crippen molar-refractivity contribution in [3.8, 4) is 11.1 Å². The van der Waals surface area contributed by atoms with Crippen LogP contribution in [0.5, 0.6) is 0 Å². The van der Waals surface area contributed by atoms with Crippen molar-refractivity contribution in [2.75, 3.05) is 5.73 Å². The average Bonchev–Trinajstić information content (AvgIpc) is 2.35. The number of hydrogen-bond acceptors (Lipinski definition) is 2. The molecule has 0 fully saturated rings. The summed E-state index contributed by atoms with van der Waals surface area (Å²) in [4.78, 5) is 10.9. The SMILES string of the molecule is Cc1c(-c2ccccc2)ccc(N)c1CC(=O)O. The fourth-order valence-electron chi connectivity index (χ4n) is 2.09. The van der Waals surface area contributed by atoms with Gasteiger partial charge in [-0.3, -0.25) is 4.79 Å². The number of nitrogens with two attached hydrogens (primary N) is 1.